The minimum absolute atomic E-state index is 0.0898. The number of amides is 1. The molecule has 0 bridgehead atoms. The zero-order valence-electron chi connectivity index (χ0n) is 16.3. The molecule has 1 amide bonds. The van der Waals surface area contributed by atoms with Gasteiger partial charge < -0.3 is 24.6 Å². The summed E-state index contributed by atoms with van der Waals surface area (Å²) in [7, 11) is 0. The lowest BCUT2D eigenvalue weighted by Gasteiger charge is -2.35. The van der Waals surface area contributed by atoms with Gasteiger partial charge in [-0.2, -0.15) is 5.26 Å². The molecule has 0 saturated carbocycles. The van der Waals surface area contributed by atoms with Crippen molar-refractivity contribution in [1.82, 2.24) is 10.2 Å². The number of carbonyl (C=O) groups is 1. The van der Waals surface area contributed by atoms with Gasteiger partial charge in [0.05, 0.1) is 0 Å². The van der Waals surface area contributed by atoms with E-state index in [9.17, 15) is 10.1 Å². The molecule has 0 aromatic heterocycles. The Morgan fingerprint density at radius 1 is 1.13 bits per heavy atom. The molecule has 2 aliphatic rings. The van der Waals surface area contributed by atoms with Gasteiger partial charge in [0.15, 0.2) is 11.5 Å². The van der Waals surface area contributed by atoms with Crippen LogP contribution in [0, 0.1) is 11.3 Å². The minimum atomic E-state index is -0.396. The predicted molar refractivity (Wildman–Crippen MR) is 113 cm³/mol. The van der Waals surface area contributed by atoms with E-state index in [1.54, 1.807) is 6.20 Å². The van der Waals surface area contributed by atoms with E-state index < -0.39 is 5.91 Å². The Hall–Kier alpha value is -3.37. The van der Waals surface area contributed by atoms with Gasteiger partial charge in [0.1, 0.15) is 11.6 Å². The number of hydrogen-bond donors (Lipinski definition) is 1. The number of anilines is 1. The number of halogens is 1. The number of rotatable bonds is 5. The van der Waals surface area contributed by atoms with E-state index in [1.165, 1.54) is 0 Å². The summed E-state index contributed by atoms with van der Waals surface area (Å²) in [5, 5.41) is 12.9. The highest BCUT2D eigenvalue weighted by atomic mass is 35.5. The summed E-state index contributed by atoms with van der Waals surface area (Å²) in [5.41, 5.74) is 2.04. The van der Waals surface area contributed by atoms with E-state index in [1.807, 2.05) is 53.4 Å². The van der Waals surface area contributed by atoms with Crippen molar-refractivity contribution in [3.63, 3.8) is 0 Å². The normalized spacial score (nSPS) is 15.7. The predicted octanol–water partition coefficient (Wildman–Crippen LogP) is 2.91. The molecule has 2 heterocycles. The monoisotopic (exact) mass is 424 g/mol. The van der Waals surface area contributed by atoms with Crippen LogP contribution < -0.4 is 19.7 Å². The summed E-state index contributed by atoms with van der Waals surface area (Å²) >= 11 is 6.08. The summed E-state index contributed by atoms with van der Waals surface area (Å²) in [4.78, 5) is 16.7. The van der Waals surface area contributed by atoms with Gasteiger partial charge in [-0.3, -0.25) is 4.79 Å². The quantitative estimate of drug-likeness (QED) is 0.587. The van der Waals surface area contributed by atoms with Gasteiger partial charge in [0, 0.05) is 49.6 Å². The first-order valence-electron chi connectivity index (χ1n) is 9.65. The summed E-state index contributed by atoms with van der Waals surface area (Å²) in [6.45, 7) is 3.51. The van der Waals surface area contributed by atoms with Crippen LogP contribution in [0.3, 0.4) is 0 Å². The molecule has 7 nitrogen and oxygen atoms in total. The van der Waals surface area contributed by atoms with Crippen molar-refractivity contribution in [3.8, 4) is 17.6 Å². The van der Waals surface area contributed by atoms with Crippen molar-refractivity contribution in [2.75, 3.05) is 37.9 Å². The lowest BCUT2D eigenvalue weighted by atomic mass is 10.2. The Bertz CT molecular complexity index is 1010. The third-order valence-electron chi connectivity index (χ3n) is 5.05. The Kier molecular flexibility index (Phi) is 5.96. The third kappa shape index (κ3) is 4.61. The molecule has 2 aromatic carbocycles. The lowest BCUT2D eigenvalue weighted by molar-refractivity contribution is -0.117. The van der Waals surface area contributed by atoms with Crippen molar-refractivity contribution < 1.29 is 14.3 Å². The van der Waals surface area contributed by atoms with Crippen molar-refractivity contribution in [2.24, 2.45) is 0 Å². The first-order valence-corrected chi connectivity index (χ1v) is 10.0. The van der Waals surface area contributed by atoms with Gasteiger partial charge in [0.2, 0.25) is 6.79 Å². The molecule has 1 N–H and O–H groups in total. The molecule has 154 valence electrons. The number of ether oxygens (including phenoxy) is 2. The van der Waals surface area contributed by atoms with Crippen LogP contribution in [0.5, 0.6) is 11.5 Å². The van der Waals surface area contributed by atoms with E-state index >= 15 is 0 Å². The highest BCUT2D eigenvalue weighted by molar-refractivity contribution is 6.30. The highest BCUT2D eigenvalue weighted by Gasteiger charge is 2.18. The summed E-state index contributed by atoms with van der Waals surface area (Å²) in [6, 6.07) is 15.3. The first kappa shape index (κ1) is 19.9. The fraction of sp³-hybridized carbons (Fsp3) is 0.273. The summed E-state index contributed by atoms with van der Waals surface area (Å²) < 4.78 is 10.6. The molecule has 8 heteroatoms. The van der Waals surface area contributed by atoms with Gasteiger partial charge in [-0.25, -0.2) is 0 Å². The molecular formula is C22H21ClN4O3. The zero-order chi connectivity index (χ0) is 20.9. The number of hydrogen-bond acceptors (Lipinski definition) is 6. The lowest BCUT2D eigenvalue weighted by Crippen LogP contribution is -2.44. The van der Waals surface area contributed by atoms with Gasteiger partial charge in [-0.05, 0) is 35.9 Å². The molecule has 0 aliphatic carbocycles. The fourth-order valence-corrected chi connectivity index (χ4v) is 3.62. The van der Waals surface area contributed by atoms with Crippen molar-refractivity contribution in [1.29, 1.82) is 5.26 Å². The van der Waals surface area contributed by atoms with Crippen LogP contribution in [0.2, 0.25) is 5.02 Å². The van der Waals surface area contributed by atoms with Crippen molar-refractivity contribution in [3.05, 3.63) is 64.8 Å². The average molecular weight is 425 g/mol. The Morgan fingerprint density at radius 2 is 1.93 bits per heavy atom. The maximum absolute atomic E-state index is 12.5. The molecule has 2 aromatic rings. The number of carbonyl (C=O) groups excluding carboxylic acids is 1. The molecule has 1 fully saturated rings. The third-order valence-corrected chi connectivity index (χ3v) is 5.29. The maximum atomic E-state index is 12.5. The van der Waals surface area contributed by atoms with E-state index in [0.717, 1.165) is 24.3 Å². The van der Waals surface area contributed by atoms with Crippen LogP contribution in [0.25, 0.3) is 0 Å². The molecule has 0 radical (unpaired) electrons. The molecule has 1 saturated heterocycles. The van der Waals surface area contributed by atoms with E-state index in [2.05, 4.69) is 10.2 Å². The molecule has 0 atom stereocenters. The van der Waals surface area contributed by atoms with Crippen LogP contribution in [0.4, 0.5) is 5.69 Å². The number of fused-ring (bicyclic) bond motifs is 1. The second-order valence-electron chi connectivity index (χ2n) is 7.03. The van der Waals surface area contributed by atoms with Gasteiger partial charge >= 0.3 is 0 Å². The second-order valence-corrected chi connectivity index (χ2v) is 7.46. The summed E-state index contributed by atoms with van der Waals surface area (Å²) in [6.07, 6.45) is 1.64. The number of nitriles is 1. The molecule has 2 aliphatic heterocycles. The minimum Gasteiger partial charge on any atom is -0.454 e. The Labute approximate surface area is 180 Å². The van der Waals surface area contributed by atoms with Crippen LogP contribution in [0.15, 0.2) is 54.2 Å². The highest BCUT2D eigenvalue weighted by Crippen LogP contribution is 2.32. The van der Waals surface area contributed by atoms with Gasteiger partial charge in [0.25, 0.3) is 5.91 Å². The number of nitrogens with one attached hydrogen (secondary N) is 1. The number of benzene rings is 2. The summed E-state index contributed by atoms with van der Waals surface area (Å²) in [5.74, 6) is 0.961. The van der Waals surface area contributed by atoms with Crippen LogP contribution in [0.1, 0.15) is 5.56 Å². The van der Waals surface area contributed by atoms with E-state index in [0.29, 0.717) is 36.2 Å². The van der Waals surface area contributed by atoms with E-state index in [-0.39, 0.29) is 12.4 Å². The van der Waals surface area contributed by atoms with Crippen LogP contribution in [-0.2, 0) is 11.3 Å². The first-order chi connectivity index (χ1) is 14.6. The number of piperazine rings is 1. The van der Waals surface area contributed by atoms with Gasteiger partial charge in [-0.15, -0.1) is 0 Å². The average Bonchev–Trinajstić information content (AvgIpc) is 3.24. The Balaban J connectivity index is 1.32. The topological polar surface area (TPSA) is 77.8 Å². The standard InChI is InChI=1S/C22H21ClN4O3/c23-18-2-1-3-19(11-18)27-8-6-26(7-9-27)14-17(12-24)22(28)25-13-16-4-5-20-21(10-16)30-15-29-20/h1-5,10-11,14H,6-9,13,15H2,(H,25,28)/b17-14-. The van der Waals surface area contributed by atoms with Crippen molar-refractivity contribution in [2.45, 2.75) is 6.54 Å². The SMILES string of the molecule is N#C/C(=C/N1CCN(c2cccc(Cl)c2)CC1)C(=O)NCc1ccc2c(c1)OCO2. The van der Waals surface area contributed by atoms with Crippen molar-refractivity contribution >= 4 is 23.2 Å². The largest absolute Gasteiger partial charge is 0.454 e. The van der Waals surface area contributed by atoms with Crippen LogP contribution in [-0.4, -0.2) is 43.8 Å². The molecule has 4 rings (SSSR count). The van der Waals surface area contributed by atoms with Crippen LogP contribution >= 0.6 is 11.6 Å². The Morgan fingerprint density at radius 3 is 2.70 bits per heavy atom. The zero-order valence-corrected chi connectivity index (χ0v) is 17.1. The fourth-order valence-electron chi connectivity index (χ4n) is 3.43. The molecular weight excluding hydrogens is 404 g/mol. The molecule has 30 heavy (non-hydrogen) atoms. The molecule has 0 unspecified atom stereocenters. The van der Waals surface area contributed by atoms with E-state index in [4.69, 9.17) is 21.1 Å². The maximum Gasteiger partial charge on any atom is 0.263 e. The second kappa shape index (κ2) is 8.97. The molecule has 0 spiro atoms. The van der Waals surface area contributed by atoms with Gasteiger partial charge in [-0.1, -0.05) is 23.7 Å². The smallest absolute Gasteiger partial charge is 0.263 e. The number of nitrogens with zero attached hydrogens (tertiary/aromatic N) is 3.